The number of anilines is 1. The second-order valence-corrected chi connectivity index (χ2v) is 9.32. The normalized spacial score (nSPS) is 11.4. The molecule has 0 radical (unpaired) electrons. The lowest BCUT2D eigenvalue weighted by Gasteiger charge is -2.20. The zero-order valence-corrected chi connectivity index (χ0v) is 19.4. The van der Waals surface area contributed by atoms with Crippen LogP contribution in [0.1, 0.15) is 62.3 Å². The fourth-order valence-corrected chi connectivity index (χ4v) is 1.63. The van der Waals surface area contributed by atoms with Crippen LogP contribution in [0.4, 0.5) is 24.5 Å². The van der Waals surface area contributed by atoms with E-state index in [0.717, 1.165) is 6.07 Å². The number of halogens is 1. The summed E-state index contributed by atoms with van der Waals surface area (Å²) in [5.41, 5.74) is -2.07. The van der Waals surface area contributed by atoms with Crippen molar-refractivity contribution in [2.45, 2.75) is 79.1 Å². The van der Waals surface area contributed by atoms with E-state index in [4.69, 9.17) is 19.3 Å². The smallest absolute Gasteiger partial charge is 0.508 e. The molecular formula is C21H32FNO8. The van der Waals surface area contributed by atoms with Crippen LogP contribution in [0.2, 0.25) is 0 Å². The number of phenolic OH excluding ortho intramolecular Hbond substituents is 1. The summed E-state index contributed by atoms with van der Waals surface area (Å²) in [4.78, 5) is 33.3. The van der Waals surface area contributed by atoms with Gasteiger partial charge in [-0.1, -0.05) is 0 Å². The van der Waals surface area contributed by atoms with Crippen molar-refractivity contribution in [3.8, 4) is 5.75 Å². The molecule has 1 rings (SSSR count). The number of hydrogen-bond donors (Lipinski definition) is 2. The van der Waals surface area contributed by atoms with Gasteiger partial charge in [0.2, 0.25) is 0 Å². The molecule has 0 aliphatic heterocycles. The van der Waals surface area contributed by atoms with Crippen LogP contribution in [0.5, 0.6) is 5.75 Å². The SMILES string of the molecule is CC(C)(C)OC(=O)Nc1ccc(O)cc1F.CC(C)(C)OC(=O)OC(=O)OC(C)(C)C. The number of nitrogens with one attached hydrogen (secondary N) is 1. The molecule has 0 saturated heterocycles. The predicted octanol–water partition coefficient (Wildman–Crippen LogP) is 5.75. The van der Waals surface area contributed by atoms with E-state index in [0.29, 0.717) is 0 Å². The monoisotopic (exact) mass is 445 g/mol. The highest BCUT2D eigenvalue weighted by Crippen LogP contribution is 2.20. The number of ether oxygens (including phenoxy) is 4. The first kappa shape index (κ1) is 28.0. The maximum Gasteiger partial charge on any atom is 0.519 e. The van der Waals surface area contributed by atoms with Crippen molar-refractivity contribution in [1.82, 2.24) is 0 Å². The number of amides is 1. The van der Waals surface area contributed by atoms with Crippen LogP contribution in [0.15, 0.2) is 18.2 Å². The third-order valence-electron chi connectivity index (χ3n) is 2.53. The van der Waals surface area contributed by atoms with Crippen LogP contribution in [0.3, 0.4) is 0 Å². The number of benzene rings is 1. The van der Waals surface area contributed by atoms with Crippen LogP contribution in [0.25, 0.3) is 0 Å². The predicted molar refractivity (Wildman–Crippen MR) is 111 cm³/mol. The number of aromatic hydroxyl groups is 1. The highest BCUT2D eigenvalue weighted by Gasteiger charge is 2.24. The van der Waals surface area contributed by atoms with Crippen molar-refractivity contribution in [3.05, 3.63) is 24.0 Å². The highest BCUT2D eigenvalue weighted by atomic mass is 19.1. The van der Waals surface area contributed by atoms with Gasteiger partial charge in [0, 0.05) is 6.07 Å². The Kier molecular flexibility index (Phi) is 9.77. The molecule has 1 amide bonds. The molecule has 0 aliphatic rings. The molecule has 9 nitrogen and oxygen atoms in total. The molecule has 0 saturated carbocycles. The highest BCUT2D eigenvalue weighted by molar-refractivity contribution is 5.85. The summed E-state index contributed by atoms with van der Waals surface area (Å²) < 4.78 is 32.0. The maximum atomic E-state index is 13.2. The summed E-state index contributed by atoms with van der Waals surface area (Å²) in [5, 5.41) is 11.2. The quantitative estimate of drug-likeness (QED) is 0.243. The summed E-state index contributed by atoms with van der Waals surface area (Å²) in [7, 11) is 0. The summed E-state index contributed by atoms with van der Waals surface area (Å²) in [6.45, 7) is 15.1. The van der Waals surface area contributed by atoms with Crippen LogP contribution >= 0.6 is 0 Å². The molecule has 10 heteroatoms. The van der Waals surface area contributed by atoms with Gasteiger partial charge in [0.15, 0.2) is 0 Å². The average molecular weight is 445 g/mol. The largest absolute Gasteiger partial charge is 0.519 e. The number of rotatable bonds is 1. The minimum absolute atomic E-state index is 0.0351. The van der Waals surface area contributed by atoms with Crippen molar-refractivity contribution in [3.63, 3.8) is 0 Å². The van der Waals surface area contributed by atoms with Crippen molar-refractivity contribution >= 4 is 24.1 Å². The Morgan fingerprint density at radius 1 is 0.806 bits per heavy atom. The van der Waals surface area contributed by atoms with E-state index in [1.165, 1.54) is 12.1 Å². The number of carbonyl (C=O) groups is 3. The summed E-state index contributed by atoms with van der Waals surface area (Å²) in [5.74, 6) is -0.918. The van der Waals surface area contributed by atoms with E-state index in [1.807, 2.05) is 0 Å². The minimum atomic E-state index is -1.06. The van der Waals surface area contributed by atoms with Crippen molar-refractivity contribution in [1.29, 1.82) is 0 Å². The summed E-state index contributed by atoms with van der Waals surface area (Å²) >= 11 is 0. The van der Waals surface area contributed by atoms with E-state index < -0.39 is 41.0 Å². The minimum Gasteiger partial charge on any atom is -0.508 e. The van der Waals surface area contributed by atoms with Gasteiger partial charge in [-0.3, -0.25) is 5.32 Å². The first-order valence-electron chi connectivity index (χ1n) is 9.40. The van der Waals surface area contributed by atoms with E-state index >= 15 is 0 Å². The van der Waals surface area contributed by atoms with E-state index in [2.05, 4.69) is 10.1 Å². The summed E-state index contributed by atoms with van der Waals surface area (Å²) in [6.07, 6.45) is -2.86. The first-order valence-corrected chi connectivity index (χ1v) is 9.40. The molecule has 31 heavy (non-hydrogen) atoms. The molecule has 1 aromatic carbocycles. The van der Waals surface area contributed by atoms with E-state index in [1.54, 1.807) is 62.3 Å². The van der Waals surface area contributed by atoms with Gasteiger partial charge >= 0.3 is 18.4 Å². The van der Waals surface area contributed by atoms with Gasteiger partial charge in [-0.2, -0.15) is 0 Å². The Bertz CT molecular complexity index is 747. The Morgan fingerprint density at radius 2 is 1.23 bits per heavy atom. The molecule has 176 valence electrons. The van der Waals surface area contributed by atoms with Crippen molar-refractivity contribution in [2.75, 3.05) is 5.32 Å². The number of phenols is 1. The molecule has 0 heterocycles. The Hall–Kier alpha value is -3.04. The number of hydrogen-bond acceptors (Lipinski definition) is 8. The molecule has 0 unspecified atom stereocenters. The molecule has 0 bridgehead atoms. The van der Waals surface area contributed by atoms with E-state index in [-0.39, 0.29) is 11.4 Å². The zero-order valence-electron chi connectivity index (χ0n) is 19.4. The lowest BCUT2D eigenvalue weighted by atomic mass is 10.2. The zero-order chi connectivity index (χ0) is 24.6. The van der Waals surface area contributed by atoms with Gasteiger partial charge in [-0.05, 0) is 74.4 Å². The Balaban J connectivity index is 0.000000582. The third kappa shape index (κ3) is 15.5. The molecular weight excluding hydrogens is 413 g/mol. The van der Waals surface area contributed by atoms with Crippen LogP contribution in [-0.2, 0) is 18.9 Å². The van der Waals surface area contributed by atoms with Gasteiger partial charge in [0.25, 0.3) is 0 Å². The Labute approximate surface area is 181 Å². The van der Waals surface area contributed by atoms with Gasteiger partial charge in [-0.25, -0.2) is 18.8 Å². The molecule has 0 aliphatic carbocycles. The second kappa shape index (κ2) is 10.8. The lowest BCUT2D eigenvalue weighted by molar-refractivity contribution is -0.0294. The van der Waals surface area contributed by atoms with Crippen molar-refractivity contribution in [2.24, 2.45) is 0 Å². The lowest BCUT2D eigenvalue weighted by Crippen LogP contribution is -2.29. The van der Waals surface area contributed by atoms with E-state index in [9.17, 15) is 18.8 Å². The van der Waals surface area contributed by atoms with Crippen LogP contribution in [0, 0.1) is 5.82 Å². The third-order valence-corrected chi connectivity index (χ3v) is 2.53. The van der Waals surface area contributed by atoms with Crippen LogP contribution in [-0.4, -0.2) is 40.3 Å². The van der Waals surface area contributed by atoms with Crippen molar-refractivity contribution < 1.29 is 42.8 Å². The molecule has 0 aromatic heterocycles. The molecule has 1 aromatic rings. The average Bonchev–Trinajstić information content (AvgIpc) is 2.44. The fourth-order valence-electron chi connectivity index (χ4n) is 1.63. The van der Waals surface area contributed by atoms with Gasteiger partial charge in [0.1, 0.15) is 28.4 Å². The standard InChI is InChI=1S/C11H14FNO3.C10H18O5/c1-11(2,3)16-10(15)13-9-5-4-7(14)6-8(9)12;1-9(2,3)14-7(11)13-8(12)15-10(4,5)6/h4-6,14H,1-3H3,(H,13,15);1-6H3. The number of carbonyl (C=O) groups excluding carboxylic acids is 3. The fraction of sp³-hybridized carbons (Fsp3) is 0.571. The van der Waals surface area contributed by atoms with Crippen LogP contribution < -0.4 is 5.32 Å². The maximum absolute atomic E-state index is 13.2. The molecule has 0 atom stereocenters. The van der Waals surface area contributed by atoms with Gasteiger partial charge < -0.3 is 24.1 Å². The second-order valence-electron chi connectivity index (χ2n) is 9.32. The summed E-state index contributed by atoms with van der Waals surface area (Å²) in [6, 6.07) is 3.44. The molecule has 0 spiro atoms. The first-order chi connectivity index (χ1) is 13.8. The topological polar surface area (TPSA) is 120 Å². The molecule has 2 N–H and O–H groups in total. The van der Waals surface area contributed by atoms with Gasteiger partial charge in [0.05, 0.1) is 5.69 Å². The molecule has 0 fully saturated rings. The van der Waals surface area contributed by atoms with Gasteiger partial charge in [-0.15, -0.1) is 0 Å². The Morgan fingerprint density at radius 3 is 1.58 bits per heavy atom.